The molecule has 0 spiro atoms. The molecular formula is C6H10FIO. The Kier molecular flexibility index (Phi) is 5.33. The van der Waals surface area contributed by atoms with Crippen molar-refractivity contribution in [3.8, 4) is 0 Å². The fourth-order valence-electron chi connectivity index (χ4n) is 0.460. The number of Topliss-reactive ketones (excluding diaryl/α,β-unsaturated/α-hetero) is 1. The van der Waals surface area contributed by atoms with Crippen LogP contribution in [0.25, 0.3) is 0 Å². The van der Waals surface area contributed by atoms with Crippen LogP contribution in [-0.4, -0.2) is 9.96 Å². The Balaban J connectivity index is 3.28. The molecule has 0 aliphatic heterocycles. The first-order chi connectivity index (χ1) is 4.18. The monoisotopic (exact) mass is 244 g/mol. The third kappa shape index (κ3) is 4.81. The van der Waals surface area contributed by atoms with Crippen LogP contribution >= 0.6 is 22.6 Å². The number of halogens is 2. The van der Waals surface area contributed by atoms with Gasteiger partial charge in [0.15, 0.2) is 5.78 Å². The maximum atomic E-state index is 12.1. The molecule has 0 saturated heterocycles. The zero-order valence-electron chi connectivity index (χ0n) is 5.36. The van der Waals surface area contributed by atoms with Crippen molar-refractivity contribution in [1.29, 1.82) is 0 Å². The summed E-state index contributed by atoms with van der Waals surface area (Å²) in [5.74, 6) is -0.280. The summed E-state index contributed by atoms with van der Waals surface area (Å²) in [6.07, 6.45) is 2.15. The molecule has 54 valence electrons. The number of rotatable bonds is 4. The molecule has 0 fully saturated rings. The van der Waals surface area contributed by atoms with Crippen LogP contribution in [0.4, 0.5) is 4.39 Å². The highest BCUT2D eigenvalue weighted by Gasteiger charge is 2.10. The van der Waals surface area contributed by atoms with E-state index in [9.17, 15) is 9.18 Å². The summed E-state index contributed by atoms with van der Waals surface area (Å²) in [6.45, 7) is 1.98. The summed E-state index contributed by atoms with van der Waals surface area (Å²) >= 11 is 1.49. The van der Waals surface area contributed by atoms with E-state index in [0.717, 1.165) is 12.8 Å². The number of unbranched alkanes of at least 4 members (excludes halogenated alkanes) is 1. The molecule has 0 saturated carbocycles. The summed E-state index contributed by atoms with van der Waals surface area (Å²) in [7, 11) is 0. The highest BCUT2D eigenvalue weighted by molar-refractivity contribution is 14.1. The highest BCUT2D eigenvalue weighted by Crippen LogP contribution is 2.07. The Morgan fingerprint density at radius 3 is 2.67 bits per heavy atom. The van der Waals surface area contributed by atoms with Crippen LogP contribution in [-0.2, 0) is 4.79 Å². The van der Waals surface area contributed by atoms with E-state index in [1.165, 1.54) is 22.6 Å². The van der Waals surface area contributed by atoms with Crippen molar-refractivity contribution < 1.29 is 9.18 Å². The Bertz CT molecular complexity index is 93.1. The van der Waals surface area contributed by atoms with Gasteiger partial charge in [-0.15, -0.1) is 0 Å². The number of hydrogen-bond acceptors (Lipinski definition) is 1. The first-order valence-electron chi connectivity index (χ1n) is 2.99. The third-order valence-electron chi connectivity index (χ3n) is 1.02. The van der Waals surface area contributed by atoms with Crippen molar-refractivity contribution in [2.45, 2.75) is 30.4 Å². The number of hydrogen-bond donors (Lipinski definition) is 0. The van der Waals surface area contributed by atoms with E-state index >= 15 is 0 Å². The van der Waals surface area contributed by atoms with Gasteiger partial charge in [-0.2, -0.15) is 0 Å². The van der Waals surface area contributed by atoms with Gasteiger partial charge in [0.05, 0.1) is 0 Å². The van der Waals surface area contributed by atoms with Crippen LogP contribution in [0, 0.1) is 0 Å². The van der Waals surface area contributed by atoms with Crippen molar-refractivity contribution >= 4 is 28.4 Å². The van der Waals surface area contributed by atoms with E-state index < -0.39 is 4.18 Å². The van der Waals surface area contributed by atoms with E-state index in [2.05, 4.69) is 0 Å². The van der Waals surface area contributed by atoms with Crippen LogP contribution in [0.1, 0.15) is 26.2 Å². The van der Waals surface area contributed by atoms with Crippen molar-refractivity contribution in [3.63, 3.8) is 0 Å². The van der Waals surface area contributed by atoms with Gasteiger partial charge in [0, 0.05) is 6.42 Å². The maximum Gasteiger partial charge on any atom is 0.208 e. The summed E-state index contributed by atoms with van der Waals surface area (Å²) in [5.41, 5.74) is 0. The van der Waals surface area contributed by atoms with E-state index in [1.54, 1.807) is 0 Å². The van der Waals surface area contributed by atoms with Gasteiger partial charge < -0.3 is 0 Å². The van der Waals surface area contributed by atoms with Crippen LogP contribution in [0.15, 0.2) is 0 Å². The second-order valence-corrected chi connectivity index (χ2v) is 2.96. The lowest BCUT2D eigenvalue weighted by molar-refractivity contribution is -0.120. The van der Waals surface area contributed by atoms with Gasteiger partial charge in [-0.3, -0.25) is 4.79 Å². The average molecular weight is 244 g/mol. The van der Waals surface area contributed by atoms with Gasteiger partial charge >= 0.3 is 0 Å². The lowest BCUT2D eigenvalue weighted by Gasteiger charge is -1.96. The molecule has 0 aliphatic rings. The van der Waals surface area contributed by atoms with Gasteiger partial charge in [0.25, 0.3) is 0 Å². The number of ketones is 1. The molecule has 9 heavy (non-hydrogen) atoms. The predicted octanol–water partition coefficient (Wildman–Crippen LogP) is 2.48. The minimum atomic E-state index is -1.30. The molecular weight excluding hydrogens is 234 g/mol. The molecule has 0 bridgehead atoms. The number of alkyl halides is 2. The number of carbonyl (C=O) groups excluding carboxylic acids is 1. The van der Waals surface area contributed by atoms with E-state index in [-0.39, 0.29) is 5.78 Å². The zero-order chi connectivity index (χ0) is 7.28. The van der Waals surface area contributed by atoms with Crippen LogP contribution in [0.3, 0.4) is 0 Å². The smallest absolute Gasteiger partial charge is 0.208 e. The average Bonchev–Trinajstić information content (AvgIpc) is 1.82. The molecule has 0 aromatic carbocycles. The molecule has 1 unspecified atom stereocenters. The standard InChI is InChI=1S/C6H10FIO/c1-2-3-4-5(9)6(7)8/h6H,2-4H2,1H3. The lowest BCUT2D eigenvalue weighted by Crippen LogP contribution is -2.06. The molecule has 0 amide bonds. The second-order valence-electron chi connectivity index (χ2n) is 1.87. The van der Waals surface area contributed by atoms with Gasteiger partial charge in [0.1, 0.15) is 0 Å². The summed E-state index contributed by atoms with van der Waals surface area (Å²) < 4.78 is 10.8. The molecule has 1 nitrogen and oxygen atoms in total. The van der Waals surface area contributed by atoms with Gasteiger partial charge in [-0.25, -0.2) is 4.39 Å². The quantitative estimate of drug-likeness (QED) is 0.548. The largest absolute Gasteiger partial charge is 0.295 e. The van der Waals surface area contributed by atoms with Crippen molar-refractivity contribution in [1.82, 2.24) is 0 Å². The Morgan fingerprint density at radius 1 is 1.78 bits per heavy atom. The first kappa shape index (κ1) is 9.33. The second kappa shape index (κ2) is 5.14. The molecule has 0 aromatic rings. The van der Waals surface area contributed by atoms with E-state index in [1.807, 2.05) is 6.92 Å². The van der Waals surface area contributed by atoms with E-state index in [0.29, 0.717) is 6.42 Å². The van der Waals surface area contributed by atoms with Crippen molar-refractivity contribution in [3.05, 3.63) is 0 Å². The minimum Gasteiger partial charge on any atom is -0.295 e. The first-order valence-corrected chi connectivity index (χ1v) is 4.24. The summed E-state index contributed by atoms with van der Waals surface area (Å²) in [4.78, 5) is 10.5. The van der Waals surface area contributed by atoms with Crippen LogP contribution in [0.2, 0.25) is 0 Å². The molecule has 0 heterocycles. The van der Waals surface area contributed by atoms with Crippen LogP contribution < -0.4 is 0 Å². The van der Waals surface area contributed by atoms with E-state index in [4.69, 9.17) is 0 Å². The molecule has 0 rings (SSSR count). The topological polar surface area (TPSA) is 17.1 Å². The van der Waals surface area contributed by atoms with Crippen LogP contribution in [0.5, 0.6) is 0 Å². The van der Waals surface area contributed by atoms with Gasteiger partial charge in [-0.05, 0) is 29.0 Å². The van der Waals surface area contributed by atoms with Gasteiger partial charge in [0.2, 0.25) is 4.18 Å². The summed E-state index contributed by atoms with van der Waals surface area (Å²) in [6, 6.07) is 0. The van der Waals surface area contributed by atoms with Crippen molar-refractivity contribution in [2.75, 3.05) is 0 Å². The molecule has 0 radical (unpaired) electrons. The lowest BCUT2D eigenvalue weighted by atomic mass is 10.2. The van der Waals surface area contributed by atoms with Crippen molar-refractivity contribution in [2.24, 2.45) is 0 Å². The molecule has 1 atom stereocenters. The Labute approximate surface area is 68.2 Å². The molecule has 3 heteroatoms. The maximum absolute atomic E-state index is 12.1. The molecule has 0 aromatic heterocycles. The molecule has 0 aliphatic carbocycles. The fourth-order valence-corrected chi connectivity index (χ4v) is 0.772. The predicted molar refractivity (Wildman–Crippen MR) is 43.4 cm³/mol. The minimum absolute atomic E-state index is 0.280. The fraction of sp³-hybridized carbons (Fsp3) is 0.833. The third-order valence-corrected chi connectivity index (χ3v) is 1.71. The zero-order valence-corrected chi connectivity index (χ0v) is 7.52. The SMILES string of the molecule is CCCCC(=O)C(F)I. The Morgan fingerprint density at radius 2 is 2.33 bits per heavy atom. The Hall–Kier alpha value is 0.330. The molecule has 0 N–H and O–H groups in total. The van der Waals surface area contributed by atoms with Gasteiger partial charge in [-0.1, -0.05) is 13.3 Å². The number of carbonyl (C=O) groups is 1. The summed E-state index contributed by atoms with van der Waals surface area (Å²) in [5, 5.41) is 0. The normalized spacial score (nSPS) is 13.2. The highest BCUT2D eigenvalue weighted by atomic mass is 127.